The SMILES string of the molecule is O=S(=O)(O)C(O)[C@H]1OC(O)[C@@H](O)[C@@H]1O. The topological polar surface area (TPSA) is 145 Å². The molecule has 1 aliphatic heterocycles. The first-order chi connectivity index (χ1) is 6.25. The number of ether oxygens (including phenoxy) is 1. The largest absolute Gasteiger partial charge is 0.387 e. The average Bonchev–Trinajstić information content (AvgIpc) is 2.30. The van der Waals surface area contributed by atoms with Gasteiger partial charge in [-0.2, -0.15) is 8.42 Å². The third kappa shape index (κ3) is 2.03. The minimum absolute atomic E-state index is 1.73. The predicted octanol–water partition coefficient (Wildman–Crippen LogP) is -3.37. The quantitative estimate of drug-likeness (QED) is 0.309. The van der Waals surface area contributed by atoms with Gasteiger partial charge in [-0.25, -0.2) is 0 Å². The summed E-state index contributed by atoms with van der Waals surface area (Å²) in [5.41, 5.74) is -2.41. The predicted molar refractivity (Wildman–Crippen MR) is 40.4 cm³/mol. The van der Waals surface area contributed by atoms with E-state index in [0.29, 0.717) is 0 Å². The first-order valence-electron chi connectivity index (χ1n) is 3.59. The monoisotopic (exact) mass is 230 g/mol. The highest BCUT2D eigenvalue weighted by Gasteiger charge is 2.48. The van der Waals surface area contributed by atoms with Crippen molar-refractivity contribution in [3.8, 4) is 0 Å². The normalized spacial score (nSPS) is 41.2. The Morgan fingerprint density at radius 3 is 1.93 bits per heavy atom. The molecule has 0 spiro atoms. The molecule has 84 valence electrons. The summed E-state index contributed by atoms with van der Waals surface area (Å²) < 4.78 is 33.6. The fourth-order valence-electron chi connectivity index (χ4n) is 1.09. The second-order valence-corrected chi connectivity index (χ2v) is 4.39. The minimum Gasteiger partial charge on any atom is -0.387 e. The molecule has 2 unspecified atom stereocenters. The van der Waals surface area contributed by atoms with Crippen molar-refractivity contribution in [2.24, 2.45) is 0 Å². The van der Waals surface area contributed by atoms with Crippen LogP contribution in [0.15, 0.2) is 0 Å². The number of aliphatic hydroxyl groups excluding tert-OH is 4. The van der Waals surface area contributed by atoms with Crippen molar-refractivity contribution >= 4 is 10.1 Å². The van der Waals surface area contributed by atoms with E-state index in [-0.39, 0.29) is 0 Å². The van der Waals surface area contributed by atoms with Gasteiger partial charge in [0.1, 0.15) is 18.3 Å². The Bertz CT molecular complexity index is 299. The van der Waals surface area contributed by atoms with E-state index >= 15 is 0 Å². The van der Waals surface area contributed by atoms with Crippen LogP contribution in [0.5, 0.6) is 0 Å². The second-order valence-electron chi connectivity index (χ2n) is 2.88. The zero-order valence-corrected chi connectivity index (χ0v) is 7.57. The third-order valence-electron chi connectivity index (χ3n) is 1.86. The Labute approximate surface area is 79.1 Å². The molecule has 1 fully saturated rings. The molecule has 1 aliphatic rings. The van der Waals surface area contributed by atoms with Crippen LogP contribution in [0.25, 0.3) is 0 Å². The Morgan fingerprint density at radius 1 is 1.14 bits per heavy atom. The number of aliphatic hydroxyl groups is 4. The molecule has 1 heterocycles. The lowest BCUT2D eigenvalue weighted by atomic mass is 10.1. The molecule has 0 aromatic carbocycles. The fourth-order valence-corrected chi connectivity index (χ4v) is 1.65. The fraction of sp³-hybridized carbons (Fsp3) is 1.00. The zero-order valence-electron chi connectivity index (χ0n) is 6.76. The summed E-state index contributed by atoms with van der Waals surface area (Å²) in [7, 11) is -4.82. The van der Waals surface area contributed by atoms with Gasteiger partial charge in [0.05, 0.1) is 0 Å². The van der Waals surface area contributed by atoms with Gasteiger partial charge < -0.3 is 25.2 Å². The van der Waals surface area contributed by atoms with E-state index in [1.807, 2.05) is 0 Å². The molecular weight excluding hydrogens is 220 g/mol. The smallest absolute Gasteiger partial charge is 0.294 e. The van der Waals surface area contributed by atoms with Crippen molar-refractivity contribution in [2.75, 3.05) is 0 Å². The Balaban J connectivity index is 2.82. The molecule has 0 radical (unpaired) electrons. The second kappa shape index (κ2) is 3.70. The van der Waals surface area contributed by atoms with E-state index in [2.05, 4.69) is 4.74 Å². The summed E-state index contributed by atoms with van der Waals surface area (Å²) in [6, 6.07) is 0. The van der Waals surface area contributed by atoms with Crippen LogP contribution < -0.4 is 0 Å². The molecule has 5 N–H and O–H groups in total. The lowest BCUT2D eigenvalue weighted by Gasteiger charge is -2.17. The summed E-state index contributed by atoms with van der Waals surface area (Å²) in [4.78, 5) is 0. The maximum atomic E-state index is 10.4. The lowest BCUT2D eigenvalue weighted by Crippen LogP contribution is -2.42. The number of hydrogen-bond donors (Lipinski definition) is 5. The first kappa shape index (κ1) is 11.8. The molecule has 0 aromatic rings. The van der Waals surface area contributed by atoms with Crippen molar-refractivity contribution in [3.05, 3.63) is 0 Å². The molecule has 0 saturated carbocycles. The minimum atomic E-state index is -4.82. The molecule has 1 saturated heterocycles. The maximum absolute atomic E-state index is 10.4. The van der Waals surface area contributed by atoms with Crippen LogP contribution in [-0.4, -0.2) is 63.4 Å². The van der Waals surface area contributed by atoms with Crippen molar-refractivity contribution in [1.29, 1.82) is 0 Å². The van der Waals surface area contributed by atoms with E-state index in [4.69, 9.17) is 25.0 Å². The van der Waals surface area contributed by atoms with E-state index in [1.165, 1.54) is 0 Å². The van der Waals surface area contributed by atoms with Crippen LogP contribution in [0, 0.1) is 0 Å². The van der Waals surface area contributed by atoms with Gasteiger partial charge in [0.25, 0.3) is 10.1 Å². The molecule has 0 aromatic heterocycles. The van der Waals surface area contributed by atoms with Crippen LogP contribution in [0.2, 0.25) is 0 Å². The molecule has 1 rings (SSSR count). The van der Waals surface area contributed by atoms with Crippen molar-refractivity contribution < 1.29 is 38.1 Å². The van der Waals surface area contributed by atoms with E-state index in [1.54, 1.807) is 0 Å². The van der Waals surface area contributed by atoms with Gasteiger partial charge in [0.2, 0.25) is 5.44 Å². The Hall–Kier alpha value is -0.290. The van der Waals surface area contributed by atoms with Crippen LogP contribution in [0.3, 0.4) is 0 Å². The van der Waals surface area contributed by atoms with E-state index in [0.717, 1.165) is 0 Å². The number of rotatable bonds is 2. The van der Waals surface area contributed by atoms with Crippen molar-refractivity contribution in [2.45, 2.75) is 30.0 Å². The third-order valence-corrected chi connectivity index (χ3v) is 2.74. The first-order valence-corrected chi connectivity index (χ1v) is 5.09. The van der Waals surface area contributed by atoms with Gasteiger partial charge in [0.15, 0.2) is 6.29 Å². The van der Waals surface area contributed by atoms with Gasteiger partial charge >= 0.3 is 0 Å². The van der Waals surface area contributed by atoms with E-state index < -0.39 is 40.2 Å². The molecule has 8 nitrogen and oxygen atoms in total. The molecule has 0 bridgehead atoms. The molecular formula is C5H10O8S. The maximum Gasteiger partial charge on any atom is 0.294 e. The van der Waals surface area contributed by atoms with Crippen LogP contribution in [-0.2, 0) is 14.9 Å². The van der Waals surface area contributed by atoms with Gasteiger partial charge in [-0.1, -0.05) is 0 Å². The van der Waals surface area contributed by atoms with Crippen molar-refractivity contribution in [3.63, 3.8) is 0 Å². The van der Waals surface area contributed by atoms with Crippen LogP contribution >= 0.6 is 0 Å². The summed E-state index contributed by atoms with van der Waals surface area (Å²) in [5.74, 6) is 0. The number of hydrogen-bond acceptors (Lipinski definition) is 7. The van der Waals surface area contributed by atoms with Gasteiger partial charge in [-0.05, 0) is 0 Å². The summed E-state index contributed by atoms with van der Waals surface area (Å²) >= 11 is 0. The summed E-state index contributed by atoms with van der Waals surface area (Å²) in [6.45, 7) is 0. The highest BCUT2D eigenvalue weighted by molar-refractivity contribution is 7.86. The highest BCUT2D eigenvalue weighted by atomic mass is 32.2. The summed E-state index contributed by atoms with van der Waals surface area (Å²) in [6.07, 6.45) is -7.10. The van der Waals surface area contributed by atoms with Gasteiger partial charge in [-0.15, -0.1) is 0 Å². The Morgan fingerprint density at radius 2 is 1.64 bits per heavy atom. The molecule has 0 amide bonds. The zero-order chi connectivity index (χ0) is 11.1. The highest BCUT2D eigenvalue weighted by Crippen LogP contribution is 2.23. The van der Waals surface area contributed by atoms with Crippen LogP contribution in [0.4, 0.5) is 0 Å². The lowest BCUT2D eigenvalue weighted by molar-refractivity contribution is -0.137. The molecule has 0 aliphatic carbocycles. The molecule has 14 heavy (non-hydrogen) atoms. The van der Waals surface area contributed by atoms with Crippen molar-refractivity contribution in [1.82, 2.24) is 0 Å². The van der Waals surface area contributed by atoms with Crippen LogP contribution in [0.1, 0.15) is 0 Å². The standard InChI is InChI=1S/C5H10O8S/c6-1-2(7)4(8)13-3(1)5(9)14(10,11)12/h1-9H,(H,10,11,12)/t1-,2-,3-,4?,5?/m0/s1. The van der Waals surface area contributed by atoms with Gasteiger partial charge in [-0.3, -0.25) is 4.55 Å². The average molecular weight is 230 g/mol. The van der Waals surface area contributed by atoms with E-state index in [9.17, 15) is 8.42 Å². The molecule has 5 atom stereocenters. The summed E-state index contributed by atoms with van der Waals surface area (Å²) in [5, 5.41) is 35.8. The Kier molecular flexibility index (Phi) is 3.11. The molecule has 9 heteroatoms. The van der Waals surface area contributed by atoms with Gasteiger partial charge in [0, 0.05) is 0 Å².